The van der Waals surface area contributed by atoms with Gasteiger partial charge in [0.15, 0.2) is 0 Å². The molecule has 0 spiro atoms. The van der Waals surface area contributed by atoms with Gasteiger partial charge in [-0.25, -0.2) is 4.98 Å². The SMILES string of the molecule is FC(F)(F)c1cc2[nH]cnc2cc1Sc1ccccc1. The molecule has 1 heterocycles. The molecule has 3 rings (SSSR count). The summed E-state index contributed by atoms with van der Waals surface area (Å²) in [5, 5.41) is 0. The summed E-state index contributed by atoms with van der Waals surface area (Å²) in [5.74, 6) is 0. The Bertz CT molecular complexity index is 735. The van der Waals surface area contributed by atoms with Crippen molar-refractivity contribution in [2.45, 2.75) is 16.0 Å². The van der Waals surface area contributed by atoms with Crippen LogP contribution >= 0.6 is 11.8 Å². The molecule has 0 atom stereocenters. The molecule has 0 amide bonds. The molecule has 0 saturated heterocycles. The molecule has 2 nitrogen and oxygen atoms in total. The van der Waals surface area contributed by atoms with Gasteiger partial charge < -0.3 is 4.98 Å². The number of aromatic amines is 1. The average Bonchev–Trinajstić information content (AvgIpc) is 2.85. The maximum Gasteiger partial charge on any atom is 0.417 e. The lowest BCUT2D eigenvalue weighted by atomic mass is 10.2. The van der Waals surface area contributed by atoms with Gasteiger partial charge in [0.2, 0.25) is 0 Å². The quantitative estimate of drug-likeness (QED) is 0.740. The highest BCUT2D eigenvalue weighted by atomic mass is 32.2. The van der Waals surface area contributed by atoms with Crippen LogP contribution in [-0.4, -0.2) is 9.97 Å². The Balaban J connectivity index is 2.12. The molecule has 3 aromatic rings. The third-order valence-corrected chi connectivity index (χ3v) is 3.86. The van der Waals surface area contributed by atoms with E-state index in [1.165, 1.54) is 12.4 Å². The van der Waals surface area contributed by atoms with E-state index in [-0.39, 0.29) is 4.90 Å². The summed E-state index contributed by atoms with van der Waals surface area (Å²) < 4.78 is 39.4. The summed E-state index contributed by atoms with van der Waals surface area (Å²) >= 11 is 1.09. The van der Waals surface area contributed by atoms with Crippen LogP contribution in [0, 0.1) is 0 Å². The highest BCUT2D eigenvalue weighted by Crippen LogP contribution is 2.40. The highest BCUT2D eigenvalue weighted by molar-refractivity contribution is 7.99. The number of aromatic nitrogens is 2. The molecule has 6 heteroatoms. The topological polar surface area (TPSA) is 28.7 Å². The second kappa shape index (κ2) is 4.86. The average molecular weight is 294 g/mol. The summed E-state index contributed by atoms with van der Waals surface area (Å²) in [6.45, 7) is 0. The lowest BCUT2D eigenvalue weighted by Crippen LogP contribution is -2.06. The standard InChI is InChI=1S/C14H9F3N2S/c15-14(16,17)10-6-11-12(19-8-18-11)7-13(10)20-9-4-2-1-3-5-9/h1-8H,(H,18,19). The van der Waals surface area contributed by atoms with Crippen LogP contribution in [0.4, 0.5) is 13.2 Å². The fourth-order valence-corrected chi connectivity index (χ4v) is 2.89. The number of nitrogens with one attached hydrogen (secondary N) is 1. The maximum absolute atomic E-state index is 13.1. The number of benzene rings is 2. The number of hydrogen-bond donors (Lipinski definition) is 1. The normalized spacial score (nSPS) is 11.9. The van der Waals surface area contributed by atoms with Gasteiger partial charge in [-0.15, -0.1) is 0 Å². The van der Waals surface area contributed by atoms with Crippen LogP contribution in [-0.2, 0) is 6.18 Å². The van der Waals surface area contributed by atoms with Crippen LogP contribution in [0.2, 0.25) is 0 Å². The van der Waals surface area contributed by atoms with Crippen molar-refractivity contribution in [3.8, 4) is 0 Å². The van der Waals surface area contributed by atoms with Crippen molar-refractivity contribution < 1.29 is 13.2 Å². The molecule has 20 heavy (non-hydrogen) atoms. The molecule has 0 fully saturated rings. The third-order valence-electron chi connectivity index (χ3n) is 2.80. The van der Waals surface area contributed by atoms with Gasteiger partial charge in [0, 0.05) is 9.79 Å². The van der Waals surface area contributed by atoms with Crippen molar-refractivity contribution in [2.75, 3.05) is 0 Å². The van der Waals surface area contributed by atoms with E-state index in [1.54, 1.807) is 24.3 Å². The van der Waals surface area contributed by atoms with Crippen molar-refractivity contribution in [1.82, 2.24) is 9.97 Å². The molecule has 1 aromatic heterocycles. The van der Waals surface area contributed by atoms with Gasteiger partial charge in [-0.1, -0.05) is 30.0 Å². The predicted octanol–water partition coefficient (Wildman–Crippen LogP) is 4.73. The molecule has 0 saturated carbocycles. The zero-order valence-electron chi connectivity index (χ0n) is 10.1. The van der Waals surface area contributed by atoms with Crippen molar-refractivity contribution >= 4 is 22.8 Å². The minimum Gasteiger partial charge on any atom is -0.345 e. The molecule has 0 radical (unpaired) electrons. The Morgan fingerprint density at radius 2 is 1.80 bits per heavy atom. The second-order valence-corrected chi connectivity index (χ2v) is 5.30. The Morgan fingerprint density at radius 1 is 1.05 bits per heavy atom. The zero-order valence-corrected chi connectivity index (χ0v) is 10.9. The molecular formula is C14H9F3N2S. The first-order chi connectivity index (χ1) is 9.54. The third kappa shape index (κ3) is 2.51. The number of nitrogens with zero attached hydrogens (tertiary/aromatic N) is 1. The summed E-state index contributed by atoms with van der Waals surface area (Å²) in [7, 11) is 0. The van der Waals surface area contributed by atoms with Gasteiger partial charge in [-0.2, -0.15) is 13.2 Å². The van der Waals surface area contributed by atoms with E-state index < -0.39 is 11.7 Å². The van der Waals surface area contributed by atoms with Crippen LogP contribution in [0.15, 0.2) is 58.6 Å². The summed E-state index contributed by atoms with van der Waals surface area (Å²) in [6.07, 6.45) is -3.00. The van der Waals surface area contributed by atoms with Crippen LogP contribution < -0.4 is 0 Å². The Morgan fingerprint density at radius 3 is 2.50 bits per heavy atom. The van der Waals surface area contributed by atoms with Gasteiger partial charge in [0.25, 0.3) is 0 Å². The lowest BCUT2D eigenvalue weighted by Gasteiger charge is -2.12. The minimum atomic E-state index is -4.39. The first-order valence-electron chi connectivity index (χ1n) is 5.81. The molecular weight excluding hydrogens is 285 g/mol. The van der Waals surface area contributed by atoms with Gasteiger partial charge in [0.1, 0.15) is 0 Å². The van der Waals surface area contributed by atoms with Crippen molar-refractivity contribution in [1.29, 1.82) is 0 Å². The van der Waals surface area contributed by atoms with Crippen LogP contribution in [0.3, 0.4) is 0 Å². The van der Waals surface area contributed by atoms with E-state index in [1.807, 2.05) is 6.07 Å². The summed E-state index contributed by atoms with van der Waals surface area (Å²) in [4.78, 5) is 7.62. The van der Waals surface area contributed by atoms with Crippen LogP contribution in [0.1, 0.15) is 5.56 Å². The molecule has 102 valence electrons. The molecule has 2 aromatic carbocycles. The molecule has 0 aliphatic heterocycles. The molecule has 1 N–H and O–H groups in total. The van der Waals surface area contributed by atoms with E-state index in [0.29, 0.717) is 11.0 Å². The lowest BCUT2D eigenvalue weighted by molar-refractivity contribution is -0.139. The van der Waals surface area contributed by atoms with E-state index in [9.17, 15) is 13.2 Å². The zero-order chi connectivity index (χ0) is 14.2. The van der Waals surface area contributed by atoms with E-state index >= 15 is 0 Å². The first kappa shape index (κ1) is 13.1. The van der Waals surface area contributed by atoms with Gasteiger partial charge in [-0.05, 0) is 24.3 Å². The van der Waals surface area contributed by atoms with E-state index in [4.69, 9.17) is 0 Å². The van der Waals surface area contributed by atoms with Crippen LogP contribution in [0.25, 0.3) is 11.0 Å². The van der Waals surface area contributed by atoms with Crippen molar-refractivity contribution in [2.24, 2.45) is 0 Å². The summed E-state index contributed by atoms with van der Waals surface area (Å²) in [5.41, 5.74) is 0.259. The van der Waals surface area contributed by atoms with Gasteiger partial charge in [0.05, 0.1) is 22.9 Å². The Labute approximate surface area is 117 Å². The van der Waals surface area contributed by atoms with Gasteiger partial charge >= 0.3 is 6.18 Å². The van der Waals surface area contributed by atoms with Crippen LogP contribution in [0.5, 0.6) is 0 Å². The molecule has 0 aliphatic rings. The molecule has 0 bridgehead atoms. The number of rotatable bonds is 2. The van der Waals surface area contributed by atoms with E-state index in [2.05, 4.69) is 9.97 Å². The number of hydrogen-bond acceptors (Lipinski definition) is 2. The largest absolute Gasteiger partial charge is 0.417 e. The number of imidazole rings is 1. The fraction of sp³-hybridized carbons (Fsp3) is 0.0714. The fourth-order valence-electron chi connectivity index (χ4n) is 1.88. The Kier molecular flexibility index (Phi) is 3.17. The monoisotopic (exact) mass is 294 g/mol. The summed E-state index contributed by atoms with van der Waals surface area (Å²) in [6, 6.07) is 11.5. The Hall–Kier alpha value is -1.95. The van der Waals surface area contributed by atoms with Gasteiger partial charge in [-0.3, -0.25) is 0 Å². The number of alkyl halides is 3. The number of halogens is 3. The van der Waals surface area contributed by atoms with Crippen molar-refractivity contribution in [3.63, 3.8) is 0 Å². The number of fused-ring (bicyclic) bond motifs is 1. The number of H-pyrrole nitrogens is 1. The second-order valence-electron chi connectivity index (χ2n) is 4.18. The smallest absolute Gasteiger partial charge is 0.345 e. The highest BCUT2D eigenvalue weighted by Gasteiger charge is 2.34. The first-order valence-corrected chi connectivity index (χ1v) is 6.63. The van der Waals surface area contributed by atoms with E-state index in [0.717, 1.165) is 22.7 Å². The predicted molar refractivity (Wildman–Crippen MR) is 71.7 cm³/mol. The minimum absolute atomic E-state index is 0.156. The van der Waals surface area contributed by atoms with Crippen molar-refractivity contribution in [3.05, 3.63) is 54.4 Å². The maximum atomic E-state index is 13.1. The molecule has 0 aliphatic carbocycles. The molecule has 0 unspecified atom stereocenters.